The van der Waals surface area contributed by atoms with Crippen molar-refractivity contribution < 1.29 is 9.53 Å². The van der Waals surface area contributed by atoms with Crippen LogP contribution in [0.5, 0.6) is 5.88 Å². The molecule has 0 radical (unpaired) electrons. The van der Waals surface area contributed by atoms with Crippen molar-refractivity contribution in [3.63, 3.8) is 0 Å². The zero-order valence-electron chi connectivity index (χ0n) is 14.4. The van der Waals surface area contributed by atoms with Crippen LogP contribution in [0.15, 0.2) is 48.7 Å². The summed E-state index contributed by atoms with van der Waals surface area (Å²) in [4.78, 5) is 19.0. The van der Waals surface area contributed by atoms with E-state index in [0.717, 1.165) is 25.9 Å². The fourth-order valence-electron chi connectivity index (χ4n) is 3.44. The molecule has 0 N–H and O–H groups in total. The molecule has 0 spiro atoms. The summed E-state index contributed by atoms with van der Waals surface area (Å²) in [5, 5.41) is 0. The molecule has 1 amide bonds. The average Bonchev–Trinajstić information content (AvgIpc) is 2.62. The van der Waals surface area contributed by atoms with Crippen LogP contribution in [0.1, 0.15) is 42.6 Å². The number of rotatable bonds is 4. The van der Waals surface area contributed by atoms with E-state index in [2.05, 4.69) is 36.2 Å². The molecule has 1 aromatic heterocycles. The number of pyridine rings is 1. The maximum absolute atomic E-state index is 12.9. The molecule has 126 valence electrons. The van der Waals surface area contributed by atoms with E-state index in [-0.39, 0.29) is 11.3 Å². The van der Waals surface area contributed by atoms with Gasteiger partial charge in [-0.25, -0.2) is 4.98 Å². The summed E-state index contributed by atoms with van der Waals surface area (Å²) in [5.41, 5.74) is 1.95. The van der Waals surface area contributed by atoms with Crippen LogP contribution < -0.4 is 4.74 Å². The fraction of sp³-hybridized carbons (Fsp3) is 0.400. The summed E-state index contributed by atoms with van der Waals surface area (Å²) in [6, 6.07) is 14.0. The number of piperidine rings is 1. The maximum atomic E-state index is 12.9. The molecule has 1 aliphatic rings. The highest BCUT2D eigenvalue weighted by Gasteiger charge is 2.34. The van der Waals surface area contributed by atoms with Crippen molar-refractivity contribution >= 4 is 5.91 Å². The van der Waals surface area contributed by atoms with Gasteiger partial charge in [-0.3, -0.25) is 4.79 Å². The van der Waals surface area contributed by atoms with Gasteiger partial charge in [0.05, 0.1) is 6.61 Å². The third kappa shape index (κ3) is 3.42. The molecule has 0 saturated carbocycles. The molecule has 4 nitrogen and oxygen atoms in total. The van der Waals surface area contributed by atoms with Gasteiger partial charge in [0.15, 0.2) is 0 Å². The van der Waals surface area contributed by atoms with Crippen LogP contribution in [-0.2, 0) is 5.41 Å². The van der Waals surface area contributed by atoms with Crippen LogP contribution in [0.2, 0.25) is 0 Å². The van der Waals surface area contributed by atoms with Gasteiger partial charge >= 0.3 is 0 Å². The quantitative estimate of drug-likeness (QED) is 0.861. The second kappa shape index (κ2) is 7.04. The first-order valence-corrected chi connectivity index (χ1v) is 8.56. The fourth-order valence-corrected chi connectivity index (χ4v) is 3.44. The number of ether oxygens (including phenoxy) is 1. The molecule has 24 heavy (non-hydrogen) atoms. The highest BCUT2D eigenvalue weighted by atomic mass is 16.5. The molecule has 3 rings (SSSR count). The number of carbonyl (C=O) groups excluding carboxylic acids is 1. The van der Waals surface area contributed by atoms with Crippen LogP contribution in [0.25, 0.3) is 0 Å². The molecular formula is C20H24N2O2. The van der Waals surface area contributed by atoms with Crippen molar-refractivity contribution in [2.75, 3.05) is 19.7 Å². The summed E-state index contributed by atoms with van der Waals surface area (Å²) in [5.74, 6) is 0.561. The molecule has 1 atom stereocenters. The Hall–Kier alpha value is -2.36. The van der Waals surface area contributed by atoms with Crippen molar-refractivity contribution in [2.24, 2.45) is 0 Å². The molecule has 1 aromatic carbocycles. The Morgan fingerprint density at radius 1 is 1.29 bits per heavy atom. The molecule has 1 saturated heterocycles. The van der Waals surface area contributed by atoms with E-state index in [1.807, 2.05) is 17.9 Å². The minimum Gasteiger partial charge on any atom is -0.478 e. The van der Waals surface area contributed by atoms with Gasteiger partial charge in [0.2, 0.25) is 5.88 Å². The first-order chi connectivity index (χ1) is 11.6. The summed E-state index contributed by atoms with van der Waals surface area (Å²) < 4.78 is 5.41. The Bertz CT molecular complexity index is 702. The summed E-state index contributed by atoms with van der Waals surface area (Å²) in [6.07, 6.45) is 3.75. The Kier molecular flexibility index (Phi) is 4.84. The standard InChI is InChI=1S/C20H24N2O2/c1-3-24-18-14-16(10-12-21-18)19(23)22-13-7-11-20(2,15-22)17-8-5-4-6-9-17/h4-6,8-10,12,14H,3,7,11,13,15H2,1-2H3. The van der Waals surface area contributed by atoms with Crippen molar-refractivity contribution in [1.29, 1.82) is 0 Å². The molecule has 2 aromatic rings. The number of benzene rings is 1. The number of carbonyl (C=O) groups is 1. The second-order valence-electron chi connectivity index (χ2n) is 6.57. The first-order valence-electron chi connectivity index (χ1n) is 8.56. The van der Waals surface area contributed by atoms with Crippen LogP contribution in [0.4, 0.5) is 0 Å². The van der Waals surface area contributed by atoms with Crippen molar-refractivity contribution in [3.05, 3.63) is 59.8 Å². The average molecular weight is 324 g/mol. The molecule has 0 bridgehead atoms. The van der Waals surface area contributed by atoms with Gasteiger partial charge in [-0.1, -0.05) is 37.3 Å². The Labute approximate surface area is 143 Å². The molecule has 1 aliphatic heterocycles. The monoisotopic (exact) mass is 324 g/mol. The van der Waals surface area contributed by atoms with E-state index in [9.17, 15) is 4.79 Å². The largest absolute Gasteiger partial charge is 0.478 e. The predicted molar refractivity (Wildman–Crippen MR) is 94.3 cm³/mol. The van der Waals surface area contributed by atoms with Crippen molar-refractivity contribution in [1.82, 2.24) is 9.88 Å². The lowest BCUT2D eigenvalue weighted by molar-refractivity contribution is 0.0650. The van der Waals surface area contributed by atoms with Crippen LogP contribution in [0.3, 0.4) is 0 Å². The lowest BCUT2D eigenvalue weighted by atomic mass is 9.76. The van der Waals surface area contributed by atoms with E-state index in [0.29, 0.717) is 18.1 Å². The van der Waals surface area contributed by atoms with Gasteiger partial charge in [0.25, 0.3) is 5.91 Å². The Morgan fingerprint density at radius 3 is 2.83 bits per heavy atom. The van der Waals surface area contributed by atoms with Crippen molar-refractivity contribution in [3.8, 4) is 5.88 Å². The van der Waals surface area contributed by atoms with E-state index in [1.165, 1.54) is 5.56 Å². The normalized spacial score (nSPS) is 20.7. The molecule has 1 unspecified atom stereocenters. The summed E-state index contributed by atoms with van der Waals surface area (Å²) in [7, 11) is 0. The van der Waals surface area contributed by atoms with Crippen LogP contribution in [0, 0.1) is 0 Å². The van der Waals surface area contributed by atoms with Crippen molar-refractivity contribution in [2.45, 2.75) is 32.1 Å². The maximum Gasteiger partial charge on any atom is 0.254 e. The van der Waals surface area contributed by atoms with Gasteiger partial charge in [-0.2, -0.15) is 0 Å². The summed E-state index contributed by atoms with van der Waals surface area (Å²) in [6.45, 7) is 6.24. The van der Waals surface area contributed by atoms with Crippen LogP contribution in [-0.4, -0.2) is 35.5 Å². The Morgan fingerprint density at radius 2 is 2.08 bits per heavy atom. The second-order valence-corrected chi connectivity index (χ2v) is 6.57. The molecule has 2 heterocycles. The summed E-state index contributed by atoms with van der Waals surface area (Å²) >= 11 is 0. The number of amides is 1. The smallest absolute Gasteiger partial charge is 0.254 e. The SMILES string of the molecule is CCOc1cc(C(=O)N2CCCC(C)(c3ccccc3)C2)ccn1. The van der Waals surface area contributed by atoms with Crippen LogP contribution >= 0.6 is 0 Å². The highest BCUT2D eigenvalue weighted by molar-refractivity contribution is 5.94. The zero-order chi connectivity index (χ0) is 17.0. The lowest BCUT2D eigenvalue weighted by Gasteiger charge is -2.41. The van der Waals surface area contributed by atoms with E-state index < -0.39 is 0 Å². The Balaban J connectivity index is 1.79. The first kappa shape index (κ1) is 16.5. The molecule has 4 heteroatoms. The molecule has 1 fully saturated rings. The number of hydrogen-bond acceptors (Lipinski definition) is 3. The number of hydrogen-bond donors (Lipinski definition) is 0. The topological polar surface area (TPSA) is 42.4 Å². The van der Waals surface area contributed by atoms with Gasteiger partial charge in [-0.15, -0.1) is 0 Å². The van der Waals surface area contributed by atoms with Gasteiger partial charge < -0.3 is 9.64 Å². The highest BCUT2D eigenvalue weighted by Crippen LogP contribution is 2.34. The minimum absolute atomic E-state index is 0.00491. The predicted octanol–water partition coefficient (Wildman–Crippen LogP) is 3.67. The van der Waals surface area contributed by atoms with E-state index in [4.69, 9.17) is 4.74 Å². The molecular weight excluding hydrogens is 300 g/mol. The van der Waals surface area contributed by atoms with E-state index >= 15 is 0 Å². The number of aromatic nitrogens is 1. The molecule has 0 aliphatic carbocycles. The third-order valence-corrected chi connectivity index (χ3v) is 4.73. The number of likely N-dealkylation sites (tertiary alicyclic amines) is 1. The van der Waals surface area contributed by atoms with E-state index in [1.54, 1.807) is 18.3 Å². The zero-order valence-corrected chi connectivity index (χ0v) is 14.4. The van der Waals surface area contributed by atoms with Gasteiger partial charge in [-0.05, 0) is 31.4 Å². The number of nitrogens with zero attached hydrogens (tertiary/aromatic N) is 2. The van der Waals surface area contributed by atoms with Gasteiger partial charge in [0.1, 0.15) is 0 Å². The minimum atomic E-state index is 0.00491. The van der Waals surface area contributed by atoms with Gasteiger partial charge in [0, 0.05) is 36.3 Å². The third-order valence-electron chi connectivity index (χ3n) is 4.73. The lowest BCUT2D eigenvalue weighted by Crippen LogP contribution is -2.47.